The predicted octanol–water partition coefficient (Wildman–Crippen LogP) is 3.22. The maximum Gasteiger partial charge on any atom is 0.311 e. The SMILES string of the molecule is CCC(C)c1ccc(-c2cnc(CC(=O)O)[nH]2)cc1. The van der Waals surface area contributed by atoms with Crippen LogP contribution in [0, 0.1) is 0 Å². The molecule has 4 heteroatoms. The van der Waals surface area contributed by atoms with Crippen LogP contribution in [0.4, 0.5) is 0 Å². The number of nitrogens with zero attached hydrogens (tertiary/aromatic N) is 1. The van der Waals surface area contributed by atoms with E-state index >= 15 is 0 Å². The van der Waals surface area contributed by atoms with Gasteiger partial charge in [0.2, 0.25) is 0 Å². The van der Waals surface area contributed by atoms with Crippen molar-refractivity contribution < 1.29 is 9.90 Å². The highest BCUT2D eigenvalue weighted by atomic mass is 16.4. The summed E-state index contributed by atoms with van der Waals surface area (Å²) in [5, 5.41) is 8.71. The molecule has 1 aromatic heterocycles. The zero-order valence-electron chi connectivity index (χ0n) is 11.2. The molecule has 0 spiro atoms. The van der Waals surface area contributed by atoms with Gasteiger partial charge in [0.05, 0.1) is 11.9 Å². The van der Waals surface area contributed by atoms with E-state index in [1.54, 1.807) is 6.20 Å². The fourth-order valence-electron chi connectivity index (χ4n) is 1.97. The van der Waals surface area contributed by atoms with Crippen molar-refractivity contribution in [3.8, 4) is 11.3 Å². The lowest BCUT2D eigenvalue weighted by molar-refractivity contribution is -0.136. The number of carbonyl (C=O) groups is 1. The van der Waals surface area contributed by atoms with Gasteiger partial charge in [-0.25, -0.2) is 4.98 Å². The molecule has 1 aromatic carbocycles. The summed E-state index contributed by atoms with van der Waals surface area (Å²) in [5.41, 5.74) is 3.19. The van der Waals surface area contributed by atoms with Gasteiger partial charge in [0, 0.05) is 0 Å². The Bertz CT molecular complexity index is 558. The second kappa shape index (κ2) is 5.69. The van der Waals surface area contributed by atoms with Crippen molar-refractivity contribution in [2.45, 2.75) is 32.6 Å². The van der Waals surface area contributed by atoms with Gasteiger partial charge >= 0.3 is 5.97 Å². The van der Waals surface area contributed by atoms with E-state index in [0.717, 1.165) is 17.7 Å². The van der Waals surface area contributed by atoms with Gasteiger partial charge < -0.3 is 10.1 Å². The van der Waals surface area contributed by atoms with Crippen LogP contribution in [0.15, 0.2) is 30.5 Å². The number of imidazole rings is 1. The molecule has 2 rings (SSSR count). The molecular weight excluding hydrogens is 240 g/mol. The Morgan fingerprint density at radius 1 is 1.37 bits per heavy atom. The summed E-state index contributed by atoms with van der Waals surface area (Å²) in [4.78, 5) is 17.7. The first kappa shape index (κ1) is 13.3. The fourth-order valence-corrected chi connectivity index (χ4v) is 1.97. The average molecular weight is 258 g/mol. The first-order valence-electron chi connectivity index (χ1n) is 6.46. The van der Waals surface area contributed by atoms with Gasteiger partial charge in [-0.05, 0) is 23.5 Å². The molecule has 0 bridgehead atoms. The number of hydrogen-bond donors (Lipinski definition) is 2. The summed E-state index contributed by atoms with van der Waals surface area (Å²) in [6.07, 6.45) is 2.72. The van der Waals surface area contributed by atoms with Crippen LogP contribution in [0.5, 0.6) is 0 Å². The molecule has 100 valence electrons. The van der Waals surface area contributed by atoms with Crippen molar-refractivity contribution >= 4 is 5.97 Å². The first-order chi connectivity index (χ1) is 9.10. The number of aromatic amines is 1. The smallest absolute Gasteiger partial charge is 0.311 e. The van der Waals surface area contributed by atoms with Gasteiger partial charge in [0.1, 0.15) is 12.2 Å². The second-order valence-corrected chi connectivity index (χ2v) is 4.75. The van der Waals surface area contributed by atoms with Crippen LogP contribution in [0.25, 0.3) is 11.3 Å². The molecule has 0 amide bonds. The monoisotopic (exact) mass is 258 g/mol. The minimum atomic E-state index is -0.881. The fraction of sp³-hybridized carbons (Fsp3) is 0.333. The Labute approximate surface area is 112 Å². The molecular formula is C15H18N2O2. The van der Waals surface area contributed by atoms with Gasteiger partial charge in [0.15, 0.2) is 0 Å². The Kier molecular flexibility index (Phi) is 4.00. The third kappa shape index (κ3) is 3.22. The molecule has 0 fully saturated rings. The summed E-state index contributed by atoms with van der Waals surface area (Å²) < 4.78 is 0. The van der Waals surface area contributed by atoms with Crippen LogP contribution < -0.4 is 0 Å². The molecule has 0 aliphatic rings. The number of rotatable bonds is 5. The maximum absolute atomic E-state index is 10.6. The molecule has 0 aliphatic carbocycles. The van der Waals surface area contributed by atoms with E-state index in [0.29, 0.717) is 11.7 Å². The lowest BCUT2D eigenvalue weighted by atomic mass is 9.97. The van der Waals surface area contributed by atoms with Crippen molar-refractivity contribution in [1.29, 1.82) is 0 Å². The van der Waals surface area contributed by atoms with Crippen molar-refractivity contribution in [1.82, 2.24) is 9.97 Å². The third-order valence-corrected chi connectivity index (χ3v) is 3.35. The normalized spacial score (nSPS) is 12.3. The molecule has 4 nitrogen and oxygen atoms in total. The van der Waals surface area contributed by atoms with Crippen molar-refractivity contribution in [2.75, 3.05) is 0 Å². The molecule has 1 unspecified atom stereocenters. The number of aliphatic carboxylic acids is 1. The minimum absolute atomic E-state index is 0.0784. The van der Waals surface area contributed by atoms with Gasteiger partial charge in [0.25, 0.3) is 0 Å². The highest BCUT2D eigenvalue weighted by molar-refractivity contribution is 5.69. The summed E-state index contributed by atoms with van der Waals surface area (Å²) >= 11 is 0. The van der Waals surface area contributed by atoms with E-state index in [9.17, 15) is 4.79 Å². The predicted molar refractivity (Wildman–Crippen MR) is 74.1 cm³/mol. The second-order valence-electron chi connectivity index (χ2n) is 4.75. The third-order valence-electron chi connectivity index (χ3n) is 3.35. The van der Waals surface area contributed by atoms with Gasteiger partial charge in [-0.1, -0.05) is 38.1 Å². The lowest BCUT2D eigenvalue weighted by Gasteiger charge is -2.09. The van der Waals surface area contributed by atoms with Gasteiger partial charge in [-0.2, -0.15) is 0 Å². The highest BCUT2D eigenvalue weighted by Gasteiger charge is 2.08. The van der Waals surface area contributed by atoms with Gasteiger partial charge in [-0.3, -0.25) is 4.79 Å². The number of H-pyrrole nitrogens is 1. The largest absolute Gasteiger partial charge is 0.481 e. The van der Waals surface area contributed by atoms with Crippen LogP contribution >= 0.6 is 0 Å². The standard InChI is InChI=1S/C15H18N2O2/c1-3-10(2)11-4-6-12(7-5-11)13-9-16-14(17-13)8-15(18)19/h4-7,9-10H,3,8H2,1-2H3,(H,16,17)(H,18,19). The van der Waals surface area contributed by atoms with Crippen LogP contribution in [-0.2, 0) is 11.2 Å². The first-order valence-corrected chi connectivity index (χ1v) is 6.46. The Balaban J connectivity index is 2.18. The zero-order valence-corrected chi connectivity index (χ0v) is 11.2. The van der Waals surface area contributed by atoms with Crippen LogP contribution in [0.2, 0.25) is 0 Å². The molecule has 2 aromatic rings. The van der Waals surface area contributed by atoms with E-state index < -0.39 is 5.97 Å². The highest BCUT2D eigenvalue weighted by Crippen LogP contribution is 2.23. The van der Waals surface area contributed by atoms with E-state index in [2.05, 4.69) is 35.9 Å². The molecule has 19 heavy (non-hydrogen) atoms. The summed E-state index contributed by atoms with van der Waals surface area (Å²) in [6.45, 7) is 4.38. The molecule has 0 aliphatic heterocycles. The van der Waals surface area contributed by atoms with Crippen molar-refractivity contribution in [2.24, 2.45) is 0 Å². The molecule has 0 saturated heterocycles. The summed E-state index contributed by atoms with van der Waals surface area (Å²) in [5.74, 6) is 0.153. The van der Waals surface area contributed by atoms with E-state index in [1.165, 1.54) is 5.56 Å². The Hall–Kier alpha value is -2.10. The van der Waals surface area contributed by atoms with Crippen LogP contribution in [0.3, 0.4) is 0 Å². The van der Waals surface area contributed by atoms with Gasteiger partial charge in [-0.15, -0.1) is 0 Å². The molecule has 1 atom stereocenters. The molecule has 0 radical (unpaired) electrons. The number of hydrogen-bond acceptors (Lipinski definition) is 2. The Morgan fingerprint density at radius 2 is 2.05 bits per heavy atom. The van der Waals surface area contributed by atoms with E-state index in [-0.39, 0.29) is 6.42 Å². The molecule has 1 heterocycles. The quantitative estimate of drug-likeness (QED) is 0.865. The Morgan fingerprint density at radius 3 is 2.63 bits per heavy atom. The number of aromatic nitrogens is 2. The van der Waals surface area contributed by atoms with Crippen LogP contribution in [0.1, 0.15) is 37.6 Å². The summed E-state index contributed by atoms with van der Waals surface area (Å²) in [7, 11) is 0. The molecule has 2 N–H and O–H groups in total. The van der Waals surface area contributed by atoms with E-state index in [4.69, 9.17) is 5.11 Å². The summed E-state index contributed by atoms with van der Waals surface area (Å²) in [6, 6.07) is 8.31. The minimum Gasteiger partial charge on any atom is -0.481 e. The lowest BCUT2D eigenvalue weighted by Crippen LogP contribution is -2.01. The molecule has 0 saturated carbocycles. The topological polar surface area (TPSA) is 66.0 Å². The number of carboxylic acid groups (broad SMARTS) is 1. The number of nitrogens with one attached hydrogen (secondary N) is 1. The van der Waals surface area contributed by atoms with Crippen molar-refractivity contribution in [3.05, 3.63) is 41.9 Å². The zero-order chi connectivity index (χ0) is 13.8. The maximum atomic E-state index is 10.6. The van der Waals surface area contributed by atoms with Crippen LogP contribution in [-0.4, -0.2) is 21.0 Å². The van der Waals surface area contributed by atoms with Crippen molar-refractivity contribution in [3.63, 3.8) is 0 Å². The van der Waals surface area contributed by atoms with E-state index in [1.807, 2.05) is 12.1 Å². The average Bonchev–Trinajstić information content (AvgIpc) is 2.85. The number of carboxylic acids is 1. The number of benzene rings is 1.